The molecule has 0 N–H and O–H groups in total. The largest absolute Gasteiger partial charge is 1.00 e. The van der Waals surface area contributed by atoms with Crippen LogP contribution in [0.4, 0.5) is 43.9 Å². The van der Waals surface area contributed by atoms with Crippen LogP contribution in [0.2, 0.25) is 0 Å². The van der Waals surface area contributed by atoms with Crippen LogP contribution in [0.15, 0.2) is 0 Å². The van der Waals surface area contributed by atoms with Crippen molar-refractivity contribution < 1.29 is 86.4 Å². The molecule has 0 saturated heterocycles. The van der Waals surface area contributed by atoms with Gasteiger partial charge in [0.1, 0.15) is 10.1 Å². The molecular weight excluding hydrogens is 377 g/mol. The Morgan fingerprint density at radius 1 is 0.773 bits per heavy atom. The van der Waals surface area contributed by atoms with Gasteiger partial charge in [-0.25, -0.2) is 34.8 Å². The van der Waals surface area contributed by atoms with E-state index in [0.29, 0.717) is 0 Å². The van der Waals surface area contributed by atoms with Crippen LogP contribution < -0.4 is 29.6 Å². The third kappa shape index (κ3) is 4.85. The monoisotopic (exact) mass is 382 g/mol. The van der Waals surface area contributed by atoms with Gasteiger partial charge in [0.15, 0.2) is 12.3 Å². The van der Waals surface area contributed by atoms with Crippen LogP contribution in [-0.2, 0) is 10.1 Å². The average molecular weight is 382 g/mol. The first-order valence-electron chi connectivity index (χ1n) is 4.63. The molecule has 3 nitrogen and oxygen atoms in total. The Balaban J connectivity index is 0. The van der Waals surface area contributed by atoms with Crippen LogP contribution in [0.3, 0.4) is 0 Å². The molecule has 128 valence electrons. The molecule has 0 aromatic heterocycles. The van der Waals surface area contributed by atoms with Gasteiger partial charge in [-0.3, -0.25) is 0 Å². The van der Waals surface area contributed by atoms with Gasteiger partial charge in [-0.2, -0.15) is 17.6 Å². The minimum atomic E-state index is -6.72. The van der Waals surface area contributed by atoms with E-state index in [9.17, 15) is 56.9 Å². The van der Waals surface area contributed by atoms with Crippen molar-refractivity contribution in [1.29, 1.82) is 0 Å². The second-order valence-electron chi connectivity index (χ2n) is 3.68. The van der Waals surface area contributed by atoms with Gasteiger partial charge in [0.2, 0.25) is 6.17 Å². The van der Waals surface area contributed by atoms with Gasteiger partial charge in [0.05, 0.1) is 0 Å². The van der Waals surface area contributed by atoms with E-state index in [1.807, 2.05) is 0 Å². The number of rotatable bonds is 7. The fourth-order valence-corrected chi connectivity index (χ4v) is 1.54. The molecule has 0 bridgehead atoms. The summed E-state index contributed by atoms with van der Waals surface area (Å²) >= 11 is 0. The molecule has 22 heavy (non-hydrogen) atoms. The predicted octanol–water partition coefficient (Wildman–Crippen LogP) is -0.619. The summed E-state index contributed by atoms with van der Waals surface area (Å²) < 4.78 is 154. The van der Waals surface area contributed by atoms with E-state index < -0.39 is 52.4 Å². The van der Waals surface area contributed by atoms with Crippen molar-refractivity contribution in [3.63, 3.8) is 0 Å². The molecule has 0 heterocycles. The number of halogens is 10. The second-order valence-corrected chi connectivity index (χ2v) is 5.08. The second kappa shape index (κ2) is 7.85. The summed E-state index contributed by atoms with van der Waals surface area (Å²) in [6, 6.07) is 0. The molecule has 0 spiro atoms. The fourth-order valence-electron chi connectivity index (χ4n) is 1.02. The smallest absolute Gasteiger partial charge is 0.746 e. The Bertz CT molecular complexity index is 457. The van der Waals surface area contributed by atoms with Gasteiger partial charge in [0.25, 0.3) is 11.9 Å². The van der Waals surface area contributed by atoms with Crippen LogP contribution in [0, 0.1) is 0 Å². The van der Waals surface area contributed by atoms with Crippen molar-refractivity contribution in [3.05, 3.63) is 0 Å². The maximum atomic E-state index is 12.8. The molecule has 0 aliphatic heterocycles. The number of alkyl halides is 10. The van der Waals surface area contributed by atoms with Gasteiger partial charge in [-0.05, 0) is 0 Å². The molecule has 4 atom stereocenters. The Morgan fingerprint density at radius 3 is 1.41 bits per heavy atom. The first-order chi connectivity index (χ1) is 9.08. The average Bonchev–Trinajstić information content (AvgIpc) is 2.33. The molecule has 0 amide bonds. The van der Waals surface area contributed by atoms with Crippen LogP contribution in [0.1, 0.15) is 0 Å². The number of hydrogen-bond donors (Lipinski definition) is 0. The van der Waals surface area contributed by atoms with E-state index in [1.165, 1.54) is 0 Å². The van der Waals surface area contributed by atoms with Crippen molar-refractivity contribution in [1.82, 2.24) is 0 Å². The third-order valence-corrected chi connectivity index (χ3v) is 2.96. The van der Waals surface area contributed by atoms with E-state index in [2.05, 4.69) is 0 Å². The fraction of sp³-hybridized carbons (Fsp3) is 1.00. The zero-order chi connectivity index (χ0) is 17.4. The van der Waals surface area contributed by atoms with Crippen molar-refractivity contribution in [2.75, 3.05) is 0 Å². The summed E-state index contributed by atoms with van der Waals surface area (Å²) in [5.74, 6) is -13.2. The number of hydrogen-bond acceptors (Lipinski definition) is 3. The summed E-state index contributed by atoms with van der Waals surface area (Å²) in [6.45, 7) is 0. The first kappa shape index (κ1) is 24.5. The Morgan fingerprint density at radius 2 is 1.14 bits per heavy atom. The summed E-state index contributed by atoms with van der Waals surface area (Å²) in [6.07, 6.45) is -18.2. The van der Waals surface area contributed by atoms with Gasteiger partial charge in [-0.15, -0.1) is 0 Å². The van der Waals surface area contributed by atoms with Crippen molar-refractivity contribution >= 4 is 10.1 Å². The third-order valence-electron chi connectivity index (χ3n) is 2.15. The van der Waals surface area contributed by atoms with Crippen molar-refractivity contribution in [2.45, 2.75) is 42.3 Å². The standard InChI is InChI=1S/C7H6F10O3S.Na/c8-1(2(9)4(11)12)3(10)6(14,15)7(16,17)5(13)21(18,19)20;/h1-5H,(H,18,19,20);/q;+1/p-1. The van der Waals surface area contributed by atoms with E-state index in [1.54, 1.807) is 0 Å². The van der Waals surface area contributed by atoms with Gasteiger partial charge >= 0.3 is 41.4 Å². The van der Waals surface area contributed by atoms with E-state index in [4.69, 9.17) is 0 Å². The molecule has 0 saturated carbocycles. The molecule has 0 aromatic carbocycles. The zero-order valence-corrected chi connectivity index (χ0v) is 13.1. The van der Waals surface area contributed by atoms with Crippen LogP contribution in [-0.4, -0.2) is 55.3 Å². The minimum Gasteiger partial charge on any atom is -0.746 e. The van der Waals surface area contributed by atoms with E-state index >= 15 is 0 Å². The molecule has 0 fully saturated rings. The summed E-state index contributed by atoms with van der Waals surface area (Å²) in [7, 11) is -6.72. The van der Waals surface area contributed by atoms with Crippen LogP contribution in [0.5, 0.6) is 0 Å². The topological polar surface area (TPSA) is 57.2 Å². The minimum absolute atomic E-state index is 0. The summed E-state index contributed by atoms with van der Waals surface area (Å²) in [5.41, 5.74) is -5.20. The van der Waals surface area contributed by atoms with Gasteiger partial charge in [-0.1, -0.05) is 0 Å². The maximum Gasteiger partial charge on any atom is 1.00 e. The van der Waals surface area contributed by atoms with E-state index in [0.717, 1.165) is 0 Å². The Hall–Kier alpha value is 0.210. The molecule has 0 aliphatic rings. The van der Waals surface area contributed by atoms with Gasteiger partial charge < -0.3 is 4.55 Å². The normalized spacial score (nSPS) is 19.3. The summed E-state index contributed by atoms with van der Waals surface area (Å²) in [5, 5.41) is 0. The Labute approximate surface area is 139 Å². The molecule has 4 unspecified atom stereocenters. The van der Waals surface area contributed by atoms with Crippen molar-refractivity contribution in [2.24, 2.45) is 0 Å². The quantitative estimate of drug-likeness (QED) is 0.335. The maximum absolute atomic E-state index is 12.8. The summed E-state index contributed by atoms with van der Waals surface area (Å²) in [4.78, 5) is 0. The zero-order valence-electron chi connectivity index (χ0n) is 10.3. The molecule has 0 aromatic rings. The van der Waals surface area contributed by atoms with Crippen molar-refractivity contribution in [3.8, 4) is 0 Å². The molecular formula is C7H5F10NaO3S. The van der Waals surface area contributed by atoms with Crippen LogP contribution >= 0.6 is 0 Å². The first-order valence-corrected chi connectivity index (χ1v) is 6.10. The molecule has 15 heteroatoms. The molecule has 0 rings (SSSR count). The van der Waals surface area contributed by atoms with Crippen LogP contribution in [0.25, 0.3) is 0 Å². The predicted molar refractivity (Wildman–Crippen MR) is 45.2 cm³/mol. The van der Waals surface area contributed by atoms with Gasteiger partial charge in [0, 0.05) is 0 Å². The molecule has 0 aliphatic carbocycles. The van der Waals surface area contributed by atoms with E-state index in [-0.39, 0.29) is 29.6 Å². The SMILES string of the molecule is O=S(=O)([O-])C(F)C(F)(F)C(F)(F)C(F)C(F)C(F)C(F)F.[Na+]. The Kier molecular flexibility index (Phi) is 8.73. The molecule has 0 radical (unpaired) electrons.